The molecule has 1 amide bonds. The molecule has 0 bridgehead atoms. The average Bonchev–Trinajstić information content (AvgIpc) is 2.98. The minimum atomic E-state index is -0.206. The number of ether oxygens (including phenoxy) is 1. The van der Waals surface area contributed by atoms with E-state index in [2.05, 4.69) is 32.3 Å². The van der Waals surface area contributed by atoms with Gasteiger partial charge in [0.15, 0.2) is 5.96 Å². The van der Waals surface area contributed by atoms with Gasteiger partial charge in [0.2, 0.25) is 0 Å². The number of amides is 1. The Balaban J connectivity index is 1.44. The van der Waals surface area contributed by atoms with Gasteiger partial charge in [-0.3, -0.25) is 4.99 Å². The molecule has 0 saturated carbocycles. The second-order valence-corrected chi connectivity index (χ2v) is 7.96. The Morgan fingerprint density at radius 2 is 2.00 bits per heavy atom. The number of guanidine groups is 1. The molecular weight excluding hydrogens is 382 g/mol. The predicted octanol–water partition coefficient (Wildman–Crippen LogP) is 2.11. The van der Waals surface area contributed by atoms with Crippen molar-refractivity contribution in [3.63, 3.8) is 0 Å². The van der Waals surface area contributed by atoms with Crippen LogP contribution in [0, 0.1) is 0 Å². The van der Waals surface area contributed by atoms with Crippen LogP contribution in [0.1, 0.15) is 64.0 Å². The fourth-order valence-corrected chi connectivity index (χ4v) is 4.09. The van der Waals surface area contributed by atoms with Crippen molar-refractivity contribution < 1.29 is 9.53 Å². The van der Waals surface area contributed by atoms with Gasteiger partial charge in [0.25, 0.3) is 0 Å². The number of piperidine rings is 1. The first-order valence-electron chi connectivity index (χ1n) is 11.6. The van der Waals surface area contributed by atoms with Crippen molar-refractivity contribution in [2.24, 2.45) is 4.99 Å². The van der Waals surface area contributed by atoms with E-state index in [1.165, 1.54) is 19.3 Å². The number of likely N-dealkylation sites (tertiary alicyclic amines) is 1. The van der Waals surface area contributed by atoms with Gasteiger partial charge in [-0.05, 0) is 46.0 Å². The van der Waals surface area contributed by atoms with Crippen molar-refractivity contribution in [2.45, 2.75) is 77.8 Å². The molecule has 1 aromatic heterocycles. The molecule has 1 fully saturated rings. The Labute approximate surface area is 179 Å². The van der Waals surface area contributed by atoms with Crippen LogP contribution in [-0.2, 0) is 24.1 Å². The fraction of sp³-hybridized carbons (Fsp3) is 0.810. The number of fused-ring (bicyclic) bond motifs is 1. The highest BCUT2D eigenvalue weighted by atomic mass is 16.6. The summed E-state index contributed by atoms with van der Waals surface area (Å²) >= 11 is 0. The molecule has 0 atom stereocenters. The summed E-state index contributed by atoms with van der Waals surface area (Å²) in [6.45, 7) is 8.39. The number of hydrogen-bond acceptors (Lipinski definition) is 5. The topological polar surface area (TPSA) is 96.7 Å². The fourth-order valence-electron chi connectivity index (χ4n) is 4.09. The van der Waals surface area contributed by atoms with Gasteiger partial charge in [-0.1, -0.05) is 6.42 Å². The monoisotopic (exact) mass is 419 g/mol. The second kappa shape index (κ2) is 11.8. The molecule has 0 spiro atoms. The Kier molecular flexibility index (Phi) is 8.77. The molecule has 9 nitrogen and oxygen atoms in total. The molecule has 2 N–H and O–H groups in total. The lowest BCUT2D eigenvalue weighted by Crippen LogP contribution is -2.49. The van der Waals surface area contributed by atoms with Gasteiger partial charge in [0.1, 0.15) is 11.6 Å². The molecule has 2 aliphatic rings. The normalized spacial score (nSPS) is 17.9. The number of aliphatic imine (C=N–C) groups is 1. The molecule has 1 saturated heterocycles. The number of nitrogens with zero attached hydrogens (tertiary/aromatic N) is 5. The van der Waals surface area contributed by atoms with Gasteiger partial charge < -0.3 is 24.8 Å². The smallest absolute Gasteiger partial charge is 0.409 e. The van der Waals surface area contributed by atoms with Gasteiger partial charge >= 0.3 is 6.09 Å². The lowest BCUT2D eigenvalue weighted by molar-refractivity contribution is 0.0963. The van der Waals surface area contributed by atoms with E-state index < -0.39 is 0 Å². The van der Waals surface area contributed by atoms with E-state index in [-0.39, 0.29) is 6.09 Å². The van der Waals surface area contributed by atoms with E-state index in [9.17, 15) is 4.79 Å². The van der Waals surface area contributed by atoms with Gasteiger partial charge in [-0.15, -0.1) is 10.2 Å². The van der Waals surface area contributed by atoms with E-state index >= 15 is 0 Å². The Bertz CT molecular complexity index is 696. The van der Waals surface area contributed by atoms with Crippen molar-refractivity contribution in [3.8, 4) is 0 Å². The molecule has 3 heterocycles. The lowest BCUT2D eigenvalue weighted by Gasteiger charge is -2.32. The maximum atomic E-state index is 11.8. The molecule has 0 aliphatic carbocycles. The molecule has 168 valence electrons. The minimum Gasteiger partial charge on any atom is -0.450 e. The number of hydrogen-bond donors (Lipinski definition) is 2. The van der Waals surface area contributed by atoms with E-state index in [0.717, 1.165) is 69.3 Å². The van der Waals surface area contributed by atoms with Gasteiger partial charge in [0.05, 0.1) is 6.61 Å². The molecule has 0 unspecified atom stereocenters. The maximum absolute atomic E-state index is 11.8. The second-order valence-electron chi connectivity index (χ2n) is 7.96. The number of rotatable bonds is 7. The van der Waals surface area contributed by atoms with Gasteiger partial charge in [-0.2, -0.15) is 0 Å². The standard InChI is InChI=1S/C21H37N7O2/c1-3-22-20(24-17-11-15-27(16-12-17)21(29)30-4-2)23-13-8-10-19-26-25-18-9-6-5-7-14-28(18)19/h17H,3-16H2,1-2H3,(H2,22,23,24). The van der Waals surface area contributed by atoms with Crippen LogP contribution in [0.15, 0.2) is 4.99 Å². The van der Waals surface area contributed by atoms with Crippen LogP contribution in [0.4, 0.5) is 4.79 Å². The third-order valence-corrected chi connectivity index (χ3v) is 5.72. The van der Waals surface area contributed by atoms with Gasteiger partial charge in [0, 0.05) is 51.6 Å². The number of carbonyl (C=O) groups is 1. The van der Waals surface area contributed by atoms with Crippen LogP contribution in [0.5, 0.6) is 0 Å². The number of aromatic nitrogens is 3. The van der Waals surface area contributed by atoms with Crippen molar-refractivity contribution in [2.75, 3.05) is 32.8 Å². The predicted molar refractivity (Wildman–Crippen MR) is 117 cm³/mol. The third-order valence-electron chi connectivity index (χ3n) is 5.72. The molecule has 3 rings (SSSR count). The summed E-state index contributed by atoms with van der Waals surface area (Å²) < 4.78 is 7.41. The summed E-state index contributed by atoms with van der Waals surface area (Å²) in [5.74, 6) is 3.11. The van der Waals surface area contributed by atoms with Crippen LogP contribution in [0.2, 0.25) is 0 Å². The first-order valence-corrected chi connectivity index (χ1v) is 11.6. The van der Waals surface area contributed by atoms with E-state index in [0.29, 0.717) is 25.7 Å². The van der Waals surface area contributed by atoms with Crippen LogP contribution in [0.25, 0.3) is 0 Å². The molecule has 0 radical (unpaired) electrons. The zero-order valence-corrected chi connectivity index (χ0v) is 18.5. The molecule has 30 heavy (non-hydrogen) atoms. The van der Waals surface area contributed by atoms with Crippen LogP contribution >= 0.6 is 0 Å². The zero-order chi connectivity index (χ0) is 21.2. The maximum Gasteiger partial charge on any atom is 0.409 e. The molecule has 9 heteroatoms. The summed E-state index contributed by atoms with van der Waals surface area (Å²) in [5, 5.41) is 15.7. The number of carbonyl (C=O) groups excluding carboxylic acids is 1. The van der Waals surface area contributed by atoms with Crippen LogP contribution < -0.4 is 10.6 Å². The first-order chi connectivity index (χ1) is 14.7. The van der Waals surface area contributed by atoms with Crippen molar-refractivity contribution in [3.05, 3.63) is 11.6 Å². The SMILES string of the molecule is CCNC(=NCCCc1nnc2n1CCCCC2)NC1CCN(C(=O)OCC)CC1. The summed E-state index contributed by atoms with van der Waals surface area (Å²) in [7, 11) is 0. The minimum absolute atomic E-state index is 0.206. The van der Waals surface area contributed by atoms with Crippen molar-refractivity contribution in [1.29, 1.82) is 0 Å². The quantitative estimate of drug-likeness (QED) is 0.399. The number of nitrogens with one attached hydrogen (secondary N) is 2. The zero-order valence-electron chi connectivity index (χ0n) is 18.5. The molecular formula is C21H37N7O2. The Morgan fingerprint density at radius 3 is 2.77 bits per heavy atom. The summed E-state index contributed by atoms with van der Waals surface area (Å²) in [6, 6.07) is 0.320. The van der Waals surface area contributed by atoms with E-state index in [1.54, 1.807) is 4.90 Å². The highest BCUT2D eigenvalue weighted by molar-refractivity contribution is 5.80. The van der Waals surface area contributed by atoms with Crippen LogP contribution in [-0.4, -0.2) is 70.5 Å². The summed E-state index contributed by atoms with van der Waals surface area (Å²) in [5.41, 5.74) is 0. The largest absolute Gasteiger partial charge is 0.450 e. The molecule has 1 aromatic rings. The Morgan fingerprint density at radius 1 is 1.17 bits per heavy atom. The first kappa shape index (κ1) is 22.4. The van der Waals surface area contributed by atoms with Crippen molar-refractivity contribution in [1.82, 2.24) is 30.3 Å². The van der Waals surface area contributed by atoms with Gasteiger partial charge in [-0.25, -0.2) is 4.79 Å². The Hall–Kier alpha value is -2.32. The van der Waals surface area contributed by atoms with E-state index in [4.69, 9.17) is 9.73 Å². The highest BCUT2D eigenvalue weighted by Gasteiger charge is 2.24. The summed E-state index contributed by atoms with van der Waals surface area (Å²) in [6.07, 6.45) is 8.23. The molecule has 0 aromatic carbocycles. The number of aryl methyl sites for hydroxylation is 2. The van der Waals surface area contributed by atoms with E-state index in [1.807, 2.05) is 6.92 Å². The highest BCUT2D eigenvalue weighted by Crippen LogP contribution is 2.15. The van der Waals surface area contributed by atoms with Crippen LogP contribution in [0.3, 0.4) is 0 Å². The molecule has 2 aliphatic heterocycles. The summed E-state index contributed by atoms with van der Waals surface area (Å²) in [4.78, 5) is 18.4. The third kappa shape index (κ3) is 6.34. The lowest BCUT2D eigenvalue weighted by atomic mass is 10.1. The van der Waals surface area contributed by atoms with Crippen molar-refractivity contribution >= 4 is 12.1 Å². The average molecular weight is 420 g/mol.